The summed E-state index contributed by atoms with van der Waals surface area (Å²) in [5.41, 5.74) is 0.660. The highest BCUT2D eigenvalue weighted by atomic mass is 35.5. The Labute approximate surface area is 193 Å². The number of fused-ring (bicyclic) bond motifs is 1. The maximum absolute atomic E-state index is 12.9. The number of aromatic nitrogens is 3. The van der Waals surface area contributed by atoms with E-state index in [1.165, 1.54) is 24.3 Å². The molecule has 0 saturated carbocycles. The fourth-order valence-electron chi connectivity index (χ4n) is 3.09. The Balaban J connectivity index is 1.55. The normalized spacial score (nSPS) is 11.3. The molecule has 0 unspecified atom stereocenters. The molecule has 33 heavy (non-hydrogen) atoms. The van der Waals surface area contributed by atoms with Crippen molar-refractivity contribution in [2.75, 3.05) is 4.72 Å². The molecule has 0 aliphatic rings. The van der Waals surface area contributed by atoms with Gasteiger partial charge in [0.25, 0.3) is 15.6 Å². The molecule has 0 atom stereocenters. The lowest BCUT2D eigenvalue weighted by Crippen LogP contribution is -2.26. The van der Waals surface area contributed by atoms with E-state index in [0.717, 1.165) is 4.68 Å². The molecule has 11 heteroatoms. The molecule has 3 aromatic carbocycles. The molecule has 0 radical (unpaired) electrons. The molecule has 0 bridgehead atoms. The Kier molecular flexibility index (Phi) is 6.12. The number of rotatable bonds is 6. The number of ether oxygens (including phenoxy) is 1. The van der Waals surface area contributed by atoms with Gasteiger partial charge in [0.15, 0.2) is 6.73 Å². The Bertz CT molecular complexity index is 1540. The van der Waals surface area contributed by atoms with Crippen LogP contribution in [0.4, 0.5) is 5.69 Å². The molecule has 1 N–H and O–H groups in total. The van der Waals surface area contributed by atoms with Crippen molar-refractivity contribution in [3.05, 3.63) is 93.2 Å². The van der Waals surface area contributed by atoms with Gasteiger partial charge < -0.3 is 4.74 Å². The molecule has 4 aromatic rings. The number of carbonyl (C=O) groups excluding carboxylic acids is 1. The van der Waals surface area contributed by atoms with Crippen LogP contribution in [0.5, 0.6) is 0 Å². The van der Waals surface area contributed by atoms with E-state index in [2.05, 4.69) is 15.0 Å². The summed E-state index contributed by atoms with van der Waals surface area (Å²) in [5, 5.41) is 8.38. The second-order valence-electron chi connectivity index (χ2n) is 7.07. The minimum atomic E-state index is -4.01. The summed E-state index contributed by atoms with van der Waals surface area (Å²) < 4.78 is 34.3. The van der Waals surface area contributed by atoms with E-state index in [9.17, 15) is 18.0 Å². The number of esters is 1. The fourth-order valence-corrected chi connectivity index (χ4v) is 4.60. The molecule has 0 aliphatic carbocycles. The van der Waals surface area contributed by atoms with Crippen LogP contribution in [0.15, 0.2) is 76.4 Å². The molecule has 0 aliphatic heterocycles. The number of nitrogens with zero attached hydrogens (tertiary/aromatic N) is 3. The van der Waals surface area contributed by atoms with Crippen LogP contribution in [0.2, 0.25) is 5.02 Å². The van der Waals surface area contributed by atoms with E-state index in [1.54, 1.807) is 49.4 Å². The highest BCUT2D eigenvalue weighted by Crippen LogP contribution is 2.23. The van der Waals surface area contributed by atoms with Crippen molar-refractivity contribution in [1.29, 1.82) is 0 Å². The zero-order valence-electron chi connectivity index (χ0n) is 17.2. The number of sulfonamides is 1. The third kappa shape index (κ3) is 4.86. The summed E-state index contributed by atoms with van der Waals surface area (Å²) in [6.45, 7) is 1.12. The molecule has 1 aromatic heterocycles. The van der Waals surface area contributed by atoms with Gasteiger partial charge in [-0.3, -0.25) is 9.52 Å². The van der Waals surface area contributed by atoms with Gasteiger partial charge in [-0.25, -0.2) is 13.2 Å². The number of hydrogen-bond donors (Lipinski definition) is 1. The Morgan fingerprint density at radius 2 is 1.88 bits per heavy atom. The lowest BCUT2D eigenvalue weighted by Gasteiger charge is -2.12. The highest BCUT2D eigenvalue weighted by Gasteiger charge is 2.20. The minimum Gasteiger partial charge on any atom is -0.439 e. The lowest BCUT2D eigenvalue weighted by molar-refractivity contribution is 0.0336. The number of nitrogens with one attached hydrogen (secondary N) is 1. The number of aryl methyl sites for hydroxylation is 1. The van der Waals surface area contributed by atoms with Crippen molar-refractivity contribution in [2.24, 2.45) is 0 Å². The van der Waals surface area contributed by atoms with E-state index < -0.39 is 28.3 Å². The van der Waals surface area contributed by atoms with Gasteiger partial charge >= 0.3 is 5.97 Å². The van der Waals surface area contributed by atoms with Crippen LogP contribution in [0.3, 0.4) is 0 Å². The standard InChI is InChI=1S/C22H17ClN4O5S/c1-14-9-10-15(11-20(14)33(30,31)25-17-6-4-5-16(23)12-17)22(29)32-13-27-21(28)18-7-2-3-8-19(18)24-26-27/h2-12,25H,13H2,1H3. The molecular weight excluding hydrogens is 468 g/mol. The number of benzene rings is 3. The van der Waals surface area contributed by atoms with Gasteiger partial charge in [0.2, 0.25) is 0 Å². The van der Waals surface area contributed by atoms with Crippen LogP contribution in [0.1, 0.15) is 15.9 Å². The van der Waals surface area contributed by atoms with Gasteiger partial charge in [-0.05, 0) is 55.0 Å². The molecule has 0 fully saturated rings. The summed E-state index contributed by atoms with van der Waals surface area (Å²) in [7, 11) is -4.01. The summed E-state index contributed by atoms with van der Waals surface area (Å²) in [6, 6.07) is 17.0. The van der Waals surface area contributed by atoms with Crippen LogP contribution < -0.4 is 10.3 Å². The van der Waals surface area contributed by atoms with Gasteiger partial charge in [-0.2, -0.15) is 4.68 Å². The van der Waals surface area contributed by atoms with Crippen molar-refractivity contribution < 1.29 is 17.9 Å². The quantitative estimate of drug-likeness (QED) is 0.416. The third-order valence-corrected chi connectivity index (χ3v) is 6.50. The summed E-state index contributed by atoms with van der Waals surface area (Å²) in [4.78, 5) is 24.9. The average Bonchev–Trinajstić information content (AvgIpc) is 2.78. The number of carbonyl (C=O) groups is 1. The lowest BCUT2D eigenvalue weighted by atomic mass is 10.1. The third-order valence-electron chi connectivity index (χ3n) is 4.74. The van der Waals surface area contributed by atoms with Crippen molar-refractivity contribution in [3.63, 3.8) is 0 Å². The zero-order valence-corrected chi connectivity index (χ0v) is 18.8. The Hall–Kier alpha value is -3.76. The van der Waals surface area contributed by atoms with E-state index in [4.69, 9.17) is 16.3 Å². The zero-order chi connectivity index (χ0) is 23.6. The van der Waals surface area contributed by atoms with Crippen LogP contribution >= 0.6 is 11.6 Å². The van der Waals surface area contributed by atoms with Crippen LogP contribution in [-0.2, 0) is 21.5 Å². The van der Waals surface area contributed by atoms with Crippen LogP contribution in [0, 0.1) is 6.92 Å². The van der Waals surface area contributed by atoms with Crippen molar-refractivity contribution in [2.45, 2.75) is 18.6 Å². The largest absolute Gasteiger partial charge is 0.439 e. The second kappa shape index (κ2) is 9.00. The molecule has 0 saturated heterocycles. The van der Waals surface area contributed by atoms with Crippen molar-refractivity contribution in [3.8, 4) is 0 Å². The monoisotopic (exact) mass is 484 g/mol. The first-order chi connectivity index (χ1) is 15.7. The van der Waals surface area contributed by atoms with Gasteiger partial charge in [-0.1, -0.05) is 41.1 Å². The average molecular weight is 485 g/mol. The molecular formula is C22H17ClN4O5S. The predicted octanol–water partition coefficient (Wildman–Crippen LogP) is 3.37. The highest BCUT2D eigenvalue weighted by molar-refractivity contribution is 7.92. The smallest absolute Gasteiger partial charge is 0.339 e. The van der Waals surface area contributed by atoms with Crippen LogP contribution in [0.25, 0.3) is 10.9 Å². The molecule has 168 valence electrons. The molecule has 0 amide bonds. The first-order valence-corrected chi connectivity index (χ1v) is 11.5. The topological polar surface area (TPSA) is 120 Å². The molecule has 0 spiro atoms. The molecule has 1 heterocycles. The maximum Gasteiger partial charge on any atom is 0.339 e. The first-order valence-electron chi connectivity index (χ1n) is 9.63. The predicted molar refractivity (Wildman–Crippen MR) is 123 cm³/mol. The van der Waals surface area contributed by atoms with Crippen molar-refractivity contribution >= 4 is 44.2 Å². The summed E-state index contributed by atoms with van der Waals surface area (Å²) >= 11 is 5.92. The summed E-state index contributed by atoms with van der Waals surface area (Å²) in [5.74, 6) is -0.823. The van der Waals surface area contributed by atoms with Gasteiger partial charge in [0, 0.05) is 5.02 Å². The van der Waals surface area contributed by atoms with Gasteiger partial charge in [-0.15, -0.1) is 5.10 Å². The van der Waals surface area contributed by atoms with Gasteiger partial charge in [0.05, 0.1) is 21.5 Å². The molecule has 4 rings (SSSR count). The number of halogens is 1. The van der Waals surface area contributed by atoms with E-state index in [1.807, 2.05) is 0 Å². The van der Waals surface area contributed by atoms with E-state index in [-0.39, 0.29) is 16.1 Å². The number of hydrogen-bond acceptors (Lipinski definition) is 7. The summed E-state index contributed by atoms with van der Waals surface area (Å²) in [6.07, 6.45) is 0. The fraction of sp³-hybridized carbons (Fsp3) is 0.0909. The van der Waals surface area contributed by atoms with Crippen molar-refractivity contribution in [1.82, 2.24) is 15.0 Å². The van der Waals surface area contributed by atoms with Gasteiger partial charge in [0.1, 0.15) is 5.52 Å². The van der Waals surface area contributed by atoms with E-state index in [0.29, 0.717) is 21.5 Å². The Morgan fingerprint density at radius 1 is 1.09 bits per heavy atom. The maximum atomic E-state index is 12.9. The number of anilines is 1. The van der Waals surface area contributed by atoms with Crippen LogP contribution in [-0.4, -0.2) is 29.4 Å². The minimum absolute atomic E-state index is 0.00568. The Morgan fingerprint density at radius 3 is 2.67 bits per heavy atom. The van der Waals surface area contributed by atoms with E-state index >= 15 is 0 Å². The molecule has 9 nitrogen and oxygen atoms in total. The SMILES string of the molecule is Cc1ccc(C(=O)OCn2nnc3ccccc3c2=O)cc1S(=O)(=O)Nc1cccc(Cl)c1. The second-order valence-corrected chi connectivity index (χ2v) is 9.16. The first kappa shape index (κ1) is 22.4.